The first-order valence-corrected chi connectivity index (χ1v) is 12.8. The van der Waals surface area contributed by atoms with E-state index in [1.54, 1.807) is 0 Å². The van der Waals surface area contributed by atoms with Crippen LogP contribution < -0.4 is 5.32 Å². The predicted octanol–water partition coefficient (Wildman–Crippen LogP) is 3.52. The summed E-state index contributed by atoms with van der Waals surface area (Å²) in [6.07, 6.45) is 8.13. The van der Waals surface area contributed by atoms with Gasteiger partial charge in [0.2, 0.25) is 0 Å². The largest absolute Gasteiger partial charge is 0.390 e. The Bertz CT molecular complexity index is 631. The summed E-state index contributed by atoms with van der Waals surface area (Å²) in [7, 11) is 0. The summed E-state index contributed by atoms with van der Waals surface area (Å²) in [4.78, 5) is 39.8. The van der Waals surface area contributed by atoms with E-state index in [9.17, 15) is 24.6 Å². The minimum absolute atomic E-state index is 0.0456. The summed E-state index contributed by atoms with van der Waals surface area (Å²) in [5, 5.41) is 23.0. The average molecular weight is 470 g/mol. The molecule has 0 aromatic heterocycles. The molecule has 190 valence electrons. The number of urea groups is 2. The van der Waals surface area contributed by atoms with Crippen molar-refractivity contribution in [1.29, 1.82) is 0 Å². The van der Waals surface area contributed by atoms with Gasteiger partial charge in [0.1, 0.15) is 25.1 Å². The van der Waals surface area contributed by atoms with Crippen molar-refractivity contribution in [3.63, 3.8) is 0 Å². The second-order valence-electron chi connectivity index (χ2n) is 9.31. The third kappa shape index (κ3) is 8.54. The molecular formula is C24H43N3O6. The van der Waals surface area contributed by atoms with Gasteiger partial charge in [-0.3, -0.25) is 15.0 Å². The molecule has 2 rings (SSSR count). The summed E-state index contributed by atoms with van der Waals surface area (Å²) in [5.74, 6) is -0.541. The van der Waals surface area contributed by atoms with Crippen LogP contribution in [0.5, 0.6) is 0 Å². The normalized spacial score (nSPS) is 24.3. The molecule has 0 aromatic rings. The quantitative estimate of drug-likeness (QED) is 0.298. The van der Waals surface area contributed by atoms with Gasteiger partial charge in [0.25, 0.3) is 0 Å². The van der Waals surface area contributed by atoms with E-state index in [0.717, 1.165) is 32.1 Å². The van der Waals surface area contributed by atoms with Crippen LogP contribution in [0, 0.1) is 0 Å². The molecule has 1 unspecified atom stereocenters. The Morgan fingerprint density at radius 2 is 1.61 bits per heavy atom. The Morgan fingerprint density at radius 3 is 2.24 bits per heavy atom. The Labute approximate surface area is 197 Å². The highest BCUT2D eigenvalue weighted by Crippen LogP contribution is 2.27. The minimum atomic E-state index is -1.19. The topological polar surface area (TPSA) is 119 Å². The smallest absolute Gasteiger partial charge is 0.328 e. The molecular weight excluding hydrogens is 426 g/mol. The van der Waals surface area contributed by atoms with Gasteiger partial charge in [-0.25, -0.2) is 9.59 Å². The lowest BCUT2D eigenvalue weighted by Crippen LogP contribution is -2.61. The summed E-state index contributed by atoms with van der Waals surface area (Å²) in [6.45, 7) is 4.76. The molecule has 0 aliphatic carbocycles. The molecule has 0 spiro atoms. The molecule has 0 aromatic carbocycles. The highest BCUT2D eigenvalue weighted by atomic mass is 16.5. The van der Waals surface area contributed by atoms with Gasteiger partial charge in [-0.2, -0.15) is 0 Å². The number of rotatable bonds is 16. The van der Waals surface area contributed by atoms with Crippen LogP contribution in [0.4, 0.5) is 9.59 Å². The number of aliphatic hydroxyl groups excluding tert-OH is 2. The van der Waals surface area contributed by atoms with Crippen molar-refractivity contribution in [2.45, 2.75) is 122 Å². The lowest BCUT2D eigenvalue weighted by molar-refractivity contribution is -0.146. The number of amides is 4. The van der Waals surface area contributed by atoms with E-state index in [-0.39, 0.29) is 13.1 Å². The van der Waals surface area contributed by atoms with E-state index < -0.39 is 42.4 Å². The molecule has 2 heterocycles. The first-order valence-electron chi connectivity index (χ1n) is 12.8. The van der Waals surface area contributed by atoms with E-state index in [2.05, 4.69) is 12.2 Å². The maximum Gasteiger partial charge on any atom is 0.328 e. The molecule has 0 bridgehead atoms. The number of imide groups is 1. The molecule has 4 atom stereocenters. The van der Waals surface area contributed by atoms with Crippen LogP contribution in [-0.4, -0.2) is 75.6 Å². The highest BCUT2D eigenvalue weighted by molar-refractivity contribution is 5.95. The van der Waals surface area contributed by atoms with E-state index >= 15 is 0 Å². The zero-order valence-electron chi connectivity index (χ0n) is 20.3. The molecule has 2 saturated heterocycles. The van der Waals surface area contributed by atoms with Crippen LogP contribution in [0.25, 0.3) is 0 Å². The van der Waals surface area contributed by atoms with Gasteiger partial charge in [0.15, 0.2) is 5.78 Å². The van der Waals surface area contributed by atoms with Gasteiger partial charge in [-0.1, -0.05) is 78.1 Å². The Kier molecular flexibility index (Phi) is 12.1. The van der Waals surface area contributed by atoms with Crippen LogP contribution in [0.2, 0.25) is 0 Å². The number of hydrogen-bond donors (Lipinski definition) is 3. The SMILES string of the molecule is CCCCCCCCCCCC(O)C(=O)[C@H]1O[C@@H](N2CN(CCCC)C(=O)NC2=O)C[C@@H]1O. The molecule has 3 N–H and O–H groups in total. The number of unbranched alkanes of at least 4 members (excludes halogenated alkanes) is 9. The average Bonchev–Trinajstić information content (AvgIpc) is 3.17. The molecule has 0 saturated carbocycles. The molecule has 9 heteroatoms. The van der Waals surface area contributed by atoms with Gasteiger partial charge in [0, 0.05) is 13.0 Å². The Balaban J connectivity index is 1.74. The van der Waals surface area contributed by atoms with Gasteiger partial charge in [-0.15, -0.1) is 0 Å². The van der Waals surface area contributed by atoms with E-state index in [1.165, 1.54) is 48.3 Å². The third-order valence-electron chi connectivity index (χ3n) is 6.50. The fraction of sp³-hybridized carbons (Fsp3) is 0.875. The number of nitrogens with one attached hydrogen (secondary N) is 1. The number of Topliss-reactive ketones (excluding diaryl/α,β-unsaturated/α-hetero) is 1. The lowest BCUT2D eigenvalue weighted by atomic mass is 9.99. The summed E-state index contributed by atoms with van der Waals surface area (Å²) in [5.41, 5.74) is 0. The zero-order valence-corrected chi connectivity index (χ0v) is 20.3. The second-order valence-corrected chi connectivity index (χ2v) is 9.31. The Hall–Kier alpha value is -1.71. The van der Waals surface area contributed by atoms with Gasteiger partial charge in [-0.05, 0) is 12.8 Å². The van der Waals surface area contributed by atoms with Gasteiger partial charge < -0.3 is 19.8 Å². The van der Waals surface area contributed by atoms with Crippen LogP contribution >= 0.6 is 0 Å². The van der Waals surface area contributed by atoms with Crippen LogP contribution in [0.15, 0.2) is 0 Å². The molecule has 2 aliphatic heterocycles. The standard InChI is InChI=1S/C24H43N3O6/c1-3-5-7-8-9-10-11-12-13-14-18(28)21(30)22-19(29)16-20(33-22)27-17-26(15-6-4-2)23(31)25-24(27)32/h18-20,22,28-29H,3-17H2,1-2H3,(H,25,31,32)/t18?,19-,20+,22-/m0/s1. The van der Waals surface area contributed by atoms with Crippen molar-refractivity contribution in [2.24, 2.45) is 0 Å². The first kappa shape index (κ1) is 27.5. The molecule has 0 radical (unpaired) electrons. The van der Waals surface area contributed by atoms with Crippen LogP contribution in [0.3, 0.4) is 0 Å². The molecule has 2 aliphatic rings. The number of ketones is 1. The third-order valence-corrected chi connectivity index (χ3v) is 6.50. The lowest BCUT2D eigenvalue weighted by Gasteiger charge is -2.38. The second kappa shape index (κ2) is 14.5. The van der Waals surface area contributed by atoms with E-state index in [0.29, 0.717) is 13.0 Å². The van der Waals surface area contributed by atoms with Crippen molar-refractivity contribution in [3.8, 4) is 0 Å². The number of hydrogen-bond acceptors (Lipinski definition) is 6. The molecule has 33 heavy (non-hydrogen) atoms. The summed E-state index contributed by atoms with van der Waals surface area (Å²) in [6, 6.07) is -1.06. The van der Waals surface area contributed by atoms with E-state index in [1.807, 2.05) is 6.92 Å². The van der Waals surface area contributed by atoms with Crippen molar-refractivity contribution >= 4 is 17.8 Å². The number of carbonyl (C=O) groups is 3. The van der Waals surface area contributed by atoms with Gasteiger partial charge in [0.05, 0.1) is 6.10 Å². The van der Waals surface area contributed by atoms with Crippen molar-refractivity contribution in [1.82, 2.24) is 15.1 Å². The molecule has 4 amide bonds. The summed E-state index contributed by atoms with van der Waals surface area (Å²) >= 11 is 0. The minimum Gasteiger partial charge on any atom is -0.390 e. The Morgan fingerprint density at radius 1 is 1.00 bits per heavy atom. The monoisotopic (exact) mass is 469 g/mol. The zero-order chi connectivity index (χ0) is 24.2. The number of nitrogens with zero attached hydrogens (tertiary/aromatic N) is 2. The fourth-order valence-electron chi connectivity index (χ4n) is 4.38. The van der Waals surface area contributed by atoms with Crippen molar-refractivity contribution in [3.05, 3.63) is 0 Å². The fourth-order valence-corrected chi connectivity index (χ4v) is 4.38. The number of ether oxygens (including phenoxy) is 1. The predicted molar refractivity (Wildman–Crippen MR) is 124 cm³/mol. The molecule has 2 fully saturated rings. The summed E-state index contributed by atoms with van der Waals surface area (Å²) < 4.78 is 5.71. The first-order chi connectivity index (χ1) is 15.9. The maximum absolute atomic E-state index is 12.7. The molecule has 9 nitrogen and oxygen atoms in total. The van der Waals surface area contributed by atoms with Crippen LogP contribution in [-0.2, 0) is 9.53 Å². The van der Waals surface area contributed by atoms with Gasteiger partial charge >= 0.3 is 12.1 Å². The van der Waals surface area contributed by atoms with Crippen molar-refractivity contribution in [2.75, 3.05) is 13.2 Å². The maximum atomic E-state index is 12.7. The number of carbonyl (C=O) groups excluding carboxylic acids is 3. The van der Waals surface area contributed by atoms with Crippen molar-refractivity contribution < 1.29 is 29.3 Å². The van der Waals surface area contributed by atoms with Crippen LogP contribution in [0.1, 0.15) is 97.3 Å². The van der Waals surface area contributed by atoms with E-state index in [4.69, 9.17) is 4.74 Å². The number of aliphatic hydroxyl groups is 2. The highest BCUT2D eigenvalue weighted by Gasteiger charge is 2.46.